The van der Waals surface area contributed by atoms with E-state index in [2.05, 4.69) is 39.8 Å². The van der Waals surface area contributed by atoms with Crippen molar-refractivity contribution in [2.24, 2.45) is 11.8 Å². The molecule has 0 aliphatic carbocycles. The molecule has 2 aromatic heterocycles. The number of hydrogen-bond donors (Lipinski definition) is 4. The number of hydroxylamine groups is 2. The zero-order chi connectivity index (χ0) is 36.0. The van der Waals surface area contributed by atoms with Gasteiger partial charge in [0.15, 0.2) is 0 Å². The summed E-state index contributed by atoms with van der Waals surface area (Å²) in [4.78, 5) is 49.5. The predicted molar refractivity (Wildman–Crippen MR) is 196 cm³/mol. The molecule has 0 bridgehead atoms. The van der Waals surface area contributed by atoms with Crippen molar-refractivity contribution in [2.75, 3.05) is 6.54 Å². The van der Waals surface area contributed by atoms with Gasteiger partial charge in [0, 0.05) is 48.8 Å². The summed E-state index contributed by atoms with van der Waals surface area (Å²) in [6, 6.07) is 17.7. The van der Waals surface area contributed by atoms with Gasteiger partial charge in [0.2, 0.25) is 11.8 Å². The van der Waals surface area contributed by atoms with Gasteiger partial charge in [-0.05, 0) is 23.5 Å². The van der Waals surface area contributed by atoms with E-state index in [1.165, 1.54) is 11.3 Å². The minimum atomic E-state index is -0.870. The van der Waals surface area contributed by atoms with Gasteiger partial charge in [0.25, 0.3) is 0 Å². The molecular formula is C37H48N6O5S2. The second kappa shape index (κ2) is 19.3. The van der Waals surface area contributed by atoms with E-state index >= 15 is 0 Å². The van der Waals surface area contributed by atoms with Crippen LogP contribution < -0.4 is 16.0 Å². The molecule has 11 nitrogen and oxygen atoms in total. The fraction of sp³-hybridized carbons (Fsp3) is 0.432. The van der Waals surface area contributed by atoms with Gasteiger partial charge in [-0.25, -0.2) is 9.78 Å². The monoisotopic (exact) mass is 720 g/mol. The SMILES string of the molecule is CC(Cc1csc(C(C)C)n1)C(=O)NC(C(=O)NC(Cc1ccccc1)CN(O)C(Cc1ccccc1)NC(=O)OCc1cncs1)C(C)C. The fourth-order valence-electron chi connectivity index (χ4n) is 5.32. The number of aromatic nitrogens is 2. The summed E-state index contributed by atoms with van der Waals surface area (Å²) in [6.07, 6.45) is 1.21. The highest BCUT2D eigenvalue weighted by molar-refractivity contribution is 7.09. The third-order valence-corrected chi connectivity index (χ3v) is 10.0. The average molecular weight is 721 g/mol. The lowest BCUT2D eigenvalue weighted by atomic mass is 9.99. The van der Waals surface area contributed by atoms with Crippen LogP contribution in [0.4, 0.5) is 4.79 Å². The maximum atomic E-state index is 13.9. The van der Waals surface area contributed by atoms with Crippen LogP contribution in [-0.2, 0) is 40.2 Å². The smallest absolute Gasteiger partial charge is 0.408 e. The summed E-state index contributed by atoms with van der Waals surface area (Å²) in [5, 5.41) is 24.4. The van der Waals surface area contributed by atoms with E-state index in [1.807, 2.05) is 86.8 Å². The zero-order valence-corrected chi connectivity index (χ0v) is 30.9. The van der Waals surface area contributed by atoms with E-state index < -0.39 is 24.3 Å². The Morgan fingerprint density at radius 3 is 2.08 bits per heavy atom. The number of alkyl carbamates (subject to hydrolysis) is 1. The van der Waals surface area contributed by atoms with Crippen molar-refractivity contribution in [1.29, 1.82) is 0 Å². The molecule has 13 heteroatoms. The normalized spacial score (nSPS) is 13.9. The molecule has 0 aliphatic heterocycles. The standard InChI is InChI=1S/C37H48N6O5S2/c1-24(2)33(42-34(44)26(5)16-30-22-49-36(40-30)25(3)4)35(45)39-29(17-27-12-8-6-9-13-27)20-43(47)32(18-28-14-10-7-11-15-28)41-37(46)48-21-31-19-38-23-50-31/h6-15,19,22-26,29,32-33,47H,16-18,20-21H2,1-5H3,(H,39,45)(H,41,46)(H,42,44). The van der Waals surface area contributed by atoms with Crippen LogP contribution in [0.5, 0.6) is 0 Å². The molecule has 4 aromatic rings. The van der Waals surface area contributed by atoms with Crippen LogP contribution in [0, 0.1) is 11.8 Å². The molecule has 0 saturated heterocycles. The van der Waals surface area contributed by atoms with Crippen LogP contribution in [-0.4, -0.2) is 62.9 Å². The Morgan fingerprint density at radius 1 is 0.840 bits per heavy atom. The van der Waals surface area contributed by atoms with Gasteiger partial charge < -0.3 is 25.9 Å². The lowest BCUT2D eigenvalue weighted by Crippen LogP contribution is -2.57. The lowest BCUT2D eigenvalue weighted by molar-refractivity contribution is -0.143. The van der Waals surface area contributed by atoms with Crippen molar-refractivity contribution in [3.05, 3.63) is 104 Å². The number of carbonyl (C=O) groups excluding carboxylic acids is 3. The van der Waals surface area contributed by atoms with E-state index in [0.29, 0.717) is 18.8 Å². The Balaban J connectivity index is 1.46. The molecule has 50 heavy (non-hydrogen) atoms. The number of nitrogens with one attached hydrogen (secondary N) is 3. The summed E-state index contributed by atoms with van der Waals surface area (Å²) in [6.45, 7) is 9.81. The van der Waals surface area contributed by atoms with Crippen molar-refractivity contribution < 1.29 is 24.3 Å². The molecule has 4 atom stereocenters. The maximum Gasteiger partial charge on any atom is 0.408 e. The van der Waals surface area contributed by atoms with Crippen LogP contribution in [0.25, 0.3) is 0 Å². The van der Waals surface area contributed by atoms with Gasteiger partial charge >= 0.3 is 6.09 Å². The second-order valence-electron chi connectivity index (χ2n) is 13.1. The number of amides is 3. The summed E-state index contributed by atoms with van der Waals surface area (Å²) in [5.41, 5.74) is 4.36. The molecule has 268 valence electrons. The largest absolute Gasteiger partial charge is 0.444 e. The molecule has 0 fully saturated rings. The highest BCUT2D eigenvalue weighted by atomic mass is 32.1. The highest BCUT2D eigenvalue weighted by Crippen LogP contribution is 2.21. The minimum absolute atomic E-state index is 0.0234. The number of rotatable bonds is 18. The number of carbonyl (C=O) groups is 3. The maximum absolute atomic E-state index is 13.9. The molecule has 0 saturated carbocycles. The number of nitrogens with zero attached hydrogens (tertiary/aromatic N) is 3. The average Bonchev–Trinajstić information content (AvgIpc) is 3.79. The van der Waals surface area contributed by atoms with Gasteiger partial charge in [0.1, 0.15) is 18.8 Å². The Bertz CT molecular complexity index is 1620. The van der Waals surface area contributed by atoms with Crippen molar-refractivity contribution in [3.8, 4) is 0 Å². The Morgan fingerprint density at radius 2 is 1.50 bits per heavy atom. The molecule has 3 amide bonds. The first-order valence-electron chi connectivity index (χ1n) is 16.9. The van der Waals surface area contributed by atoms with Crippen molar-refractivity contribution in [2.45, 2.75) is 84.7 Å². The van der Waals surface area contributed by atoms with Crippen molar-refractivity contribution in [1.82, 2.24) is 31.0 Å². The first-order valence-corrected chi connectivity index (χ1v) is 18.6. The number of ether oxygens (including phenoxy) is 1. The van der Waals surface area contributed by atoms with Gasteiger partial charge in [-0.1, -0.05) is 95.3 Å². The molecule has 2 heterocycles. The summed E-state index contributed by atoms with van der Waals surface area (Å²) >= 11 is 2.96. The van der Waals surface area contributed by atoms with Crippen molar-refractivity contribution >= 4 is 40.6 Å². The third-order valence-electron chi connectivity index (χ3n) is 8.10. The summed E-state index contributed by atoms with van der Waals surface area (Å²) in [5.74, 6) is -0.869. The van der Waals surface area contributed by atoms with Crippen LogP contribution >= 0.6 is 22.7 Å². The number of hydrogen-bond acceptors (Lipinski definition) is 10. The van der Waals surface area contributed by atoms with E-state index in [9.17, 15) is 19.6 Å². The molecule has 2 aromatic carbocycles. The lowest BCUT2D eigenvalue weighted by Gasteiger charge is -2.32. The van der Waals surface area contributed by atoms with Crippen LogP contribution in [0.1, 0.15) is 67.2 Å². The molecule has 4 N–H and O–H groups in total. The Labute approximate surface area is 302 Å². The highest BCUT2D eigenvalue weighted by Gasteiger charge is 2.30. The zero-order valence-electron chi connectivity index (χ0n) is 29.2. The van der Waals surface area contributed by atoms with Crippen LogP contribution in [0.15, 0.2) is 77.8 Å². The fourth-order valence-corrected chi connectivity index (χ4v) is 6.67. The van der Waals surface area contributed by atoms with E-state index in [0.717, 1.165) is 31.8 Å². The molecule has 4 unspecified atom stereocenters. The quantitative estimate of drug-likeness (QED) is 0.0729. The second-order valence-corrected chi connectivity index (χ2v) is 14.9. The number of benzene rings is 2. The van der Waals surface area contributed by atoms with Crippen LogP contribution in [0.3, 0.4) is 0 Å². The predicted octanol–water partition coefficient (Wildman–Crippen LogP) is 5.96. The van der Waals surface area contributed by atoms with E-state index in [-0.39, 0.29) is 43.2 Å². The Kier molecular flexibility index (Phi) is 14.9. The number of thiazole rings is 2. The van der Waals surface area contributed by atoms with E-state index in [1.54, 1.807) is 23.0 Å². The first-order chi connectivity index (χ1) is 24.0. The molecular weight excluding hydrogens is 673 g/mol. The van der Waals surface area contributed by atoms with Gasteiger partial charge in [-0.2, -0.15) is 5.06 Å². The molecule has 0 radical (unpaired) electrons. The topological polar surface area (TPSA) is 146 Å². The van der Waals surface area contributed by atoms with Crippen LogP contribution in [0.2, 0.25) is 0 Å². The first kappa shape index (κ1) is 38.6. The van der Waals surface area contributed by atoms with E-state index in [4.69, 9.17) is 4.74 Å². The minimum Gasteiger partial charge on any atom is -0.444 e. The van der Waals surface area contributed by atoms with Gasteiger partial charge in [0.05, 0.1) is 21.1 Å². The van der Waals surface area contributed by atoms with Crippen molar-refractivity contribution in [3.63, 3.8) is 0 Å². The summed E-state index contributed by atoms with van der Waals surface area (Å²) in [7, 11) is 0. The molecule has 0 spiro atoms. The Hall–Kier alpha value is -4.17. The summed E-state index contributed by atoms with van der Waals surface area (Å²) < 4.78 is 5.40. The molecule has 0 aliphatic rings. The third kappa shape index (κ3) is 12.3. The molecule has 4 rings (SSSR count). The van der Waals surface area contributed by atoms with Gasteiger partial charge in [-0.15, -0.1) is 22.7 Å². The van der Waals surface area contributed by atoms with Gasteiger partial charge in [-0.3, -0.25) is 14.6 Å².